The lowest BCUT2D eigenvalue weighted by atomic mass is 10.1. The summed E-state index contributed by atoms with van der Waals surface area (Å²) in [5.41, 5.74) is 0. The van der Waals surface area contributed by atoms with Crippen LogP contribution in [0, 0.1) is 0 Å². The molecule has 2 heteroatoms. The fourth-order valence-electron chi connectivity index (χ4n) is 1.34. The first-order valence-electron chi connectivity index (χ1n) is 4.59. The summed E-state index contributed by atoms with van der Waals surface area (Å²) in [6, 6.07) is 0. The predicted molar refractivity (Wildman–Crippen MR) is 48.1 cm³/mol. The van der Waals surface area contributed by atoms with Crippen LogP contribution in [0.3, 0.4) is 0 Å². The molecule has 1 aliphatic heterocycles. The van der Waals surface area contributed by atoms with Crippen molar-refractivity contribution in [2.24, 2.45) is 0 Å². The molecule has 0 bridgehead atoms. The van der Waals surface area contributed by atoms with Gasteiger partial charge in [-0.25, -0.2) is 0 Å². The molecule has 0 N–H and O–H groups in total. The smallest absolute Gasteiger partial charge is 0.100 e. The number of halogens is 1. The molecular weight excluding hydrogens is 160 g/mol. The fourth-order valence-corrected chi connectivity index (χ4v) is 1.57. The van der Waals surface area contributed by atoms with Crippen LogP contribution in [0.2, 0.25) is 0 Å². The molecule has 3 unspecified atom stereocenters. The zero-order valence-electron chi connectivity index (χ0n) is 7.35. The first-order valence-corrected chi connectivity index (χ1v) is 5.02. The Hall–Kier alpha value is 0.250. The summed E-state index contributed by atoms with van der Waals surface area (Å²) in [6.45, 7) is 4.31. The van der Waals surface area contributed by atoms with Crippen molar-refractivity contribution < 1.29 is 4.74 Å². The Labute approximate surface area is 74.1 Å². The molecule has 0 aromatic heterocycles. The van der Waals surface area contributed by atoms with Crippen molar-refractivity contribution in [3.05, 3.63) is 0 Å². The highest BCUT2D eigenvalue weighted by atomic mass is 35.5. The standard InChI is InChI=1S/C9H17ClO/c1-3-5-6-8-9(11-8)7(10)4-2/h7-9H,3-6H2,1-2H3. The maximum absolute atomic E-state index is 6.01. The Bertz CT molecular complexity index is 116. The van der Waals surface area contributed by atoms with E-state index in [0.717, 1.165) is 6.42 Å². The Balaban J connectivity index is 2.06. The lowest BCUT2D eigenvalue weighted by Gasteiger charge is -1.99. The second-order valence-corrected chi connectivity index (χ2v) is 3.77. The fraction of sp³-hybridized carbons (Fsp3) is 1.00. The molecule has 1 heterocycles. The van der Waals surface area contributed by atoms with Crippen molar-refractivity contribution in [2.45, 2.75) is 57.1 Å². The highest BCUT2D eigenvalue weighted by molar-refractivity contribution is 6.21. The van der Waals surface area contributed by atoms with Crippen LogP contribution in [0.4, 0.5) is 0 Å². The van der Waals surface area contributed by atoms with Crippen LogP contribution < -0.4 is 0 Å². The number of alkyl halides is 1. The van der Waals surface area contributed by atoms with Crippen LogP contribution in [0.1, 0.15) is 39.5 Å². The lowest BCUT2D eigenvalue weighted by molar-refractivity contribution is 0.354. The second-order valence-electron chi connectivity index (χ2n) is 3.21. The molecule has 1 nitrogen and oxygen atoms in total. The molecule has 66 valence electrons. The number of hydrogen-bond acceptors (Lipinski definition) is 1. The normalized spacial score (nSPS) is 31.9. The summed E-state index contributed by atoms with van der Waals surface area (Å²) in [4.78, 5) is 0. The minimum absolute atomic E-state index is 0.247. The summed E-state index contributed by atoms with van der Waals surface area (Å²) in [5.74, 6) is 0. The molecule has 0 amide bonds. The molecule has 11 heavy (non-hydrogen) atoms. The molecule has 1 aliphatic rings. The van der Waals surface area contributed by atoms with Gasteiger partial charge >= 0.3 is 0 Å². The molecule has 0 aromatic rings. The van der Waals surface area contributed by atoms with E-state index in [4.69, 9.17) is 16.3 Å². The Morgan fingerprint density at radius 2 is 2.18 bits per heavy atom. The van der Waals surface area contributed by atoms with Gasteiger partial charge in [0, 0.05) is 0 Å². The van der Waals surface area contributed by atoms with E-state index in [0.29, 0.717) is 12.2 Å². The lowest BCUT2D eigenvalue weighted by Crippen LogP contribution is -2.08. The van der Waals surface area contributed by atoms with Crippen LogP contribution >= 0.6 is 11.6 Å². The highest BCUT2D eigenvalue weighted by Crippen LogP contribution is 2.33. The van der Waals surface area contributed by atoms with Crippen LogP contribution in [0.25, 0.3) is 0 Å². The van der Waals surface area contributed by atoms with E-state index in [2.05, 4.69) is 13.8 Å². The van der Waals surface area contributed by atoms with Crippen LogP contribution in [0.15, 0.2) is 0 Å². The number of epoxide rings is 1. The van der Waals surface area contributed by atoms with Crippen LogP contribution in [-0.4, -0.2) is 17.6 Å². The first-order chi connectivity index (χ1) is 5.29. The second kappa shape index (κ2) is 4.32. The number of unbranched alkanes of at least 4 members (excludes halogenated alkanes) is 1. The molecule has 0 saturated carbocycles. The molecular formula is C9H17ClO. The molecule has 0 aliphatic carbocycles. The third-order valence-corrected chi connectivity index (χ3v) is 2.77. The van der Waals surface area contributed by atoms with E-state index in [-0.39, 0.29) is 5.38 Å². The van der Waals surface area contributed by atoms with Crippen molar-refractivity contribution in [1.82, 2.24) is 0 Å². The van der Waals surface area contributed by atoms with Gasteiger partial charge in [-0.1, -0.05) is 26.7 Å². The van der Waals surface area contributed by atoms with Gasteiger partial charge in [0.25, 0.3) is 0 Å². The summed E-state index contributed by atoms with van der Waals surface area (Å²) >= 11 is 6.01. The largest absolute Gasteiger partial charge is 0.368 e. The molecule has 3 atom stereocenters. The van der Waals surface area contributed by atoms with Gasteiger partial charge in [-0.05, 0) is 12.8 Å². The number of ether oxygens (including phenoxy) is 1. The third kappa shape index (κ3) is 2.64. The topological polar surface area (TPSA) is 12.5 Å². The van der Waals surface area contributed by atoms with E-state index < -0.39 is 0 Å². The van der Waals surface area contributed by atoms with Crippen molar-refractivity contribution in [1.29, 1.82) is 0 Å². The maximum Gasteiger partial charge on any atom is 0.100 e. The average Bonchev–Trinajstić information content (AvgIpc) is 2.78. The van der Waals surface area contributed by atoms with Crippen molar-refractivity contribution >= 4 is 11.6 Å². The van der Waals surface area contributed by atoms with Gasteiger partial charge in [0.15, 0.2) is 0 Å². The summed E-state index contributed by atoms with van der Waals surface area (Å²) in [7, 11) is 0. The van der Waals surface area contributed by atoms with Crippen molar-refractivity contribution in [3.63, 3.8) is 0 Å². The Kier molecular flexibility index (Phi) is 3.67. The van der Waals surface area contributed by atoms with Crippen LogP contribution in [0.5, 0.6) is 0 Å². The van der Waals surface area contributed by atoms with Crippen molar-refractivity contribution in [2.75, 3.05) is 0 Å². The van der Waals surface area contributed by atoms with Gasteiger partial charge in [0.05, 0.1) is 11.5 Å². The zero-order valence-corrected chi connectivity index (χ0v) is 8.10. The van der Waals surface area contributed by atoms with Crippen molar-refractivity contribution in [3.8, 4) is 0 Å². The Morgan fingerprint density at radius 3 is 2.73 bits per heavy atom. The summed E-state index contributed by atoms with van der Waals surface area (Å²) in [5, 5.41) is 0.247. The van der Waals surface area contributed by atoms with Crippen LogP contribution in [-0.2, 0) is 4.74 Å². The van der Waals surface area contributed by atoms with Gasteiger partial charge < -0.3 is 4.74 Å². The maximum atomic E-state index is 6.01. The molecule has 1 rings (SSSR count). The van der Waals surface area contributed by atoms with E-state index in [1.807, 2.05) is 0 Å². The number of rotatable bonds is 5. The molecule has 0 aromatic carbocycles. The molecule has 1 saturated heterocycles. The van der Waals surface area contributed by atoms with E-state index >= 15 is 0 Å². The zero-order chi connectivity index (χ0) is 8.27. The quantitative estimate of drug-likeness (QED) is 0.464. The molecule has 0 spiro atoms. The van der Waals surface area contributed by atoms with E-state index in [1.54, 1.807) is 0 Å². The third-order valence-electron chi connectivity index (χ3n) is 2.21. The Morgan fingerprint density at radius 1 is 1.45 bits per heavy atom. The van der Waals surface area contributed by atoms with Gasteiger partial charge in [0.1, 0.15) is 6.10 Å². The monoisotopic (exact) mass is 176 g/mol. The highest BCUT2D eigenvalue weighted by Gasteiger charge is 2.42. The summed E-state index contributed by atoms with van der Waals surface area (Å²) < 4.78 is 5.44. The molecule has 0 radical (unpaired) electrons. The minimum Gasteiger partial charge on any atom is -0.368 e. The van der Waals surface area contributed by atoms with Gasteiger partial charge in [0.2, 0.25) is 0 Å². The first kappa shape index (κ1) is 9.34. The summed E-state index contributed by atoms with van der Waals surface area (Å²) in [6.07, 6.45) is 5.60. The van der Waals surface area contributed by atoms with Gasteiger partial charge in [-0.3, -0.25) is 0 Å². The predicted octanol–water partition coefficient (Wildman–Crippen LogP) is 2.96. The number of hydrogen-bond donors (Lipinski definition) is 0. The SMILES string of the molecule is CCCCC1OC1C(Cl)CC. The van der Waals surface area contributed by atoms with E-state index in [9.17, 15) is 0 Å². The van der Waals surface area contributed by atoms with E-state index in [1.165, 1.54) is 19.3 Å². The molecule has 1 fully saturated rings. The minimum atomic E-state index is 0.247. The van der Waals surface area contributed by atoms with Gasteiger partial charge in [-0.2, -0.15) is 0 Å². The van der Waals surface area contributed by atoms with Gasteiger partial charge in [-0.15, -0.1) is 11.6 Å². The average molecular weight is 177 g/mol.